The summed E-state index contributed by atoms with van der Waals surface area (Å²) in [6.07, 6.45) is 15.0. The van der Waals surface area contributed by atoms with Crippen LogP contribution in [0.2, 0.25) is 0 Å². The molecule has 0 spiro atoms. The lowest BCUT2D eigenvalue weighted by Gasteiger charge is -2.27. The second-order valence-electron chi connectivity index (χ2n) is 6.38. The highest BCUT2D eigenvalue weighted by Gasteiger charge is 2.20. The van der Waals surface area contributed by atoms with Gasteiger partial charge in [-0.15, -0.1) is 0 Å². The van der Waals surface area contributed by atoms with Crippen molar-refractivity contribution in [1.29, 1.82) is 0 Å². The maximum absolute atomic E-state index is 5.83. The minimum absolute atomic E-state index is 0.509. The molecule has 0 radical (unpaired) electrons. The molecular weight excluding hydrogens is 288 g/mol. The molecule has 2 aliphatic heterocycles. The number of allylic oxidation sites excluding steroid dienone is 4. The lowest BCUT2D eigenvalue weighted by Crippen LogP contribution is -2.46. The Morgan fingerprint density at radius 3 is 3.09 bits per heavy atom. The monoisotopic (exact) mass is 310 g/mol. The van der Waals surface area contributed by atoms with Crippen LogP contribution in [0.15, 0.2) is 53.8 Å². The van der Waals surface area contributed by atoms with Crippen molar-refractivity contribution in [2.24, 2.45) is 0 Å². The van der Waals surface area contributed by atoms with Gasteiger partial charge < -0.3 is 14.8 Å². The van der Waals surface area contributed by atoms with Gasteiger partial charge in [0.05, 0.1) is 18.7 Å². The second kappa shape index (κ2) is 6.59. The third kappa shape index (κ3) is 3.32. The molecule has 1 N–H and O–H groups in total. The Morgan fingerprint density at radius 1 is 1.26 bits per heavy atom. The molecule has 4 nitrogen and oxygen atoms in total. The molecule has 23 heavy (non-hydrogen) atoms. The zero-order valence-corrected chi connectivity index (χ0v) is 13.3. The normalized spacial score (nSPS) is 22.3. The highest BCUT2D eigenvalue weighted by atomic mass is 16.5. The number of aromatic nitrogens is 1. The fraction of sp³-hybridized carbons (Fsp3) is 0.421. The van der Waals surface area contributed by atoms with Gasteiger partial charge in [0.25, 0.3) is 0 Å². The van der Waals surface area contributed by atoms with Crippen molar-refractivity contribution in [2.45, 2.75) is 38.1 Å². The first-order chi connectivity index (χ1) is 11.4. The SMILES string of the molecule is C1=CC2=C(CCc3cncc(OCC4CCN4)c3)CCC2=CO1. The fourth-order valence-electron chi connectivity index (χ4n) is 3.28. The highest BCUT2D eigenvalue weighted by Crippen LogP contribution is 2.36. The van der Waals surface area contributed by atoms with E-state index >= 15 is 0 Å². The van der Waals surface area contributed by atoms with Crippen LogP contribution in [0, 0.1) is 0 Å². The highest BCUT2D eigenvalue weighted by molar-refractivity contribution is 5.48. The van der Waals surface area contributed by atoms with E-state index in [2.05, 4.69) is 22.4 Å². The molecule has 120 valence electrons. The van der Waals surface area contributed by atoms with Crippen LogP contribution in [0.5, 0.6) is 5.75 Å². The van der Waals surface area contributed by atoms with E-state index in [0.717, 1.165) is 44.6 Å². The van der Waals surface area contributed by atoms with Gasteiger partial charge in [-0.05, 0) is 67.5 Å². The fourth-order valence-corrected chi connectivity index (χ4v) is 3.28. The molecule has 0 aromatic carbocycles. The van der Waals surface area contributed by atoms with Crippen molar-refractivity contribution >= 4 is 0 Å². The Hall–Kier alpha value is -2.07. The average molecular weight is 310 g/mol. The zero-order chi connectivity index (χ0) is 15.5. The number of pyridine rings is 1. The molecule has 4 rings (SSSR count). The molecule has 1 atom stereocenters. The van der Waals surface area contributed by atoms with Crippen LogP contribution in [-0.2, 0) is 11.2 Å². The van der Waals surface area contributed by atoms with Crippen LogP contribution in [-0.4, -0.2) is 24.2 Å². The van der Waals surface area contributed by atoms with Gasteiger partial charge >= 0.3 is 0 Å². The van der Waals surface area contributed by atoms with Crippen LogP contribution in [0.4, 0.5) is 0 Å². The van der Waals surface area contributed by atoms with E-state index in [1.165, 1.54) is 28.7 Å². The van der Waals surface area contributed by atoms with Gasteiger partial charge in [0.2, 0.25) is 0 Å². The molecule has 0 saturated carbocycles. The van der Waals surface area contributed by atoms with Gasteiger partial charge in [-0.1, -0.05) is 5.57 Å². The quantitative estimate of drug-likeness (QED) is 0.876. The van der Waals surface area contributed by atoms with E-state index in [1.54, 1.807) is 6.26 Å². The molecule has 0 amide bonds. The Morgan fingerprint density at radius 2 is 2.22 bits per heavy atom. The number of hydrogen-bond donors (Lipinski definition) is 1. The van der Waals surface area contributed by atoms with E-state index in [9.17, 15) is 0 Å². The molecule has 1 aliphatic carbocycles. The number of nitrogens with one attached hydrogen (secondary N) is 1. The van der Waals surface area contributed by atoms with Crippen molar-refractivity contribution in [3.63, 3.8) is 0 Å². The molecule has 1 fully saturated rings. The standard InChI is InChI=1S/C19H22N2O2/c1(2-15-3-4-16-12-22-8-6-19(15)16)14-9-18(11-20-10-14)23-13-17-5-7-21-17/h6,8-12,17,21H,1-5,7,13H2. The Labute approximate surface area is 136 Å². The summed E-state index contributed by atoms with van der Waals surface area (Å²) in [6.45, 7) is 1.85. The first kappa shape index (κ1) is 14.5. The largest absolute Gasteiger partial charge is 0.490 e. The van der Waals surface area contributed by atoms with E-state index in [4.69, 9.17) is 9.47 Å². The molecule has 4 heteroatoms. The predicted molar refractivity (Wildman–Crippen MR) is 89.0 cm³/mol. The number of nitrogens with zero attached hydrogens (tertiary/aromatic N) is 1. The Bertz CT molecular complexity index is 672. The Kier molecular flexibility index (Phi) is 4.16. The van der Waals surface area contributed by atoms with Gasteiger partial charge in [0.15, 0.2) is 0 Å². The van der Waals surface area contributed by atoms with Gasteiger partial charge in [0.1, 0.15) is 12.4 Å². The van der Waals surface area contributed by atoms with Crippen LogP contribution in [0.3, 0.4) is 0 Å². The number of fused-ring (bicyclic) bond motifs is 1. The van der Waals surface area contributed by atoms with E-state index in [-0.39, 0.29) is 0 Å². The van der Waals surface area contributed by atoms with Gasteiger partial charge in [-0.3, -0.25) is 4.98 Å². The van der Waals surface area contributed by atoms with Crippen LogP contribution < -0.4 is 10.1 Å². The maximum atomic E-state index is 5.83. The second-order valence-corrected chi connectivity index (χ2v) is 6.38. The lowest BCUT2D eigenvalue weighted by atomic mass is 10.0. The van der Waals surface area contributed by atoms with Crippen LogP contribution >= 0.6 is 0 Å². The predicted octanol–water partition coefficient (Wildman–Crippen LogP) is 3.27. The van der Waals surface area contributed by atoms with Crippen molar-refractivity contribution in [3.05, 3.63) is 59.3 Å². The van der Waals surface area contributed by atoms with Crippen molar-refractivity contribution in [1.82, 2.24) is 10.3 Å². The average Bonchev–Trinajstić information content (AvgIpc) is 2.95. The van der Waals surface area contributed by atoms with Crippen LogP contribution in [0.25, 0.3) is 0 Å². The summed E-state index contributed by atoms with van der Waals surface area (Å²) in [4.78, 5) is 4.33. The summed E-state index contributed by atoms with van der Waals surface area (Å²) in [6, 6.07) is 2.64. The zero-order valence-electron chi connectivity index (χ0n) is 13.3. The molecule has 0 bridgehead atoms. The van der Waals surface area contributed by atoms with Crippen molar-refractivity contribution in [2.75, 3.05) is 13.2 Å². The van der Waals surface area contributed by atoms with E-state index < -0.39 is 0 Å². The summed E-state index contributed by atoms with van der Waals surface area (Å²) in [7, 11) is 0. The van der Waals surface area contributed by atoms with Gasteiger partial charge in [-0.25, -0.2) is 0 Å². The van der Waals surface area contributed by atoms with Crippen molar-refractivity contribution < 1.29 is 9.47 Å². The number of rotatable bonds is 6. The molecular formula is C19H22N2O2. The van der Waals surface area contributed by atoms with Gasteiger partial charge in [-0.2, -0.15) is 0 Å². The molecule has 1 saturated heterocycles. The topological polar surface area (TPSA) is 43.4 Å². The number of hydrogen-bond acceptors (Lipinski definition) is 4. The summed E-state index contributed by atoms with van der Waals surface area (Å²) >= 11 is 0. The van der Waals surface area contributed by atoms with Crippen LogP contribution in [0.1, 0.15) is 31.2 Å². The minimum atomic E-state index is 0.509. The summed E-state index contributed by atoms with van der Waals surface area (Å²) < 4.78 is 11.1. The maximum Gasteiger partial charge on any atom is 0.137 e. The molecule has 1 unspecified atom stereocenters. The summed E-state index contributed by atoms with van der Waals surface area (Å²) in [5.74, 6) is 0.881. The van der Waals surface area contributed by atoms with E-state index in [0.29, 0.717) is 6.04 Å². The third-order valence-electron chi connectivity index (χ3n) is 4.81. The minimum Gasteiger partial charge on any atom is -0.490 e. The summed E-state index contributed by atoms with van der Waals surface area (Å²) in [5.41, 5.74) is 5.49. The molecule has 1 aromatic heterocycles. The Balaban J connectivity index is 1.36. The van der Waals surface area contributed by atoms with Gasteiger partial charge in [0, 0.05) is 12.2 Å². The third-order valence-corrected chi connectivity index (χ3v) is 4.81. The first-order valence-corrected chi connectivity index (χ1v) is 8.42. The van der Waals surface area contributed by atoms with E-state index in [1.807, 2.05) is 18.7 Å². The number of ether oxygens (including phenoxy) is 2. The summed E-state index contributed by atoms with van der Waals surface area (Å²) in [5, 5.41) is 3.35. The first-order valence-electron chi connectivity index (χ1n) is 8.42. The molecule has 1 aromatic rings. The molecule has 3 aliphatic rings. The smallest absolute Gasteiger partial charge is 0.137 e. The number of aryl methyl sites for hydroxylation is 1. The van der Waals surface area contributed by atoms with Crippen molar-refractivity contribution in [3.8, 4) is 5.75 Å². The lowest BCUT2D eigenvalue weighted by molar-refractivity contribution is 0.217. The molecule has 3 heterocycles.